The van der Waals surface area contributed by atoms with Crippen LogP contribution in [0.1, 0.15) is 32.3 Å². The van der Waals surface area contributed by atoms with E-state index < -0.39 is 17.6 Å². The summed E-state index contributed by atoms with van der Waals surface area (Å²) in [6.07, 6.45) is -4.59. The zero-order chi connectivity index (χ0) is 20.8. The maximum Gasteiger partial charge on any atom is 0.418 e. The molecule has 1 aromatic carbocycles. The molecule has 0 aliphatic carbocycles. The highest BCUT2D eigenvalue weighted by Gasteiger charge is 2.35. The molecule has 0 atom stereocenters. The first kappa shape index (κ1) is 20.1. The van der Waals surface area contributed by atoms with Crippen LogP contribution >= 0.6 is 11.3 Å². The zero-order valence-corrected chi connectivity index (χ0v) is 16.8. The Bertz CT molecular complexity index is 1070. The van der Waals surface area contributed by atoms with Crippen LogP contribution in [-0.4, -0.2) is 30.0 Å². The van der Waals surface area contributed by atoms with E-state index in [1.54, 1.807) is 32.8 Å². The fourth-order valence-electron chi connectivity index (χ4n) is 3.02. The van der Waals surface area contributed by atoms with Gasteiger partial charge in [-0.2, -0.15) is 13.2 Å². The Labute approximate surface area is 164 Å². The summed E-state index contributed by atoms with van der Waals surface area (Å²) in [5.74, 6) is -0.0162. The number of benzene rings is 1. The molecule has 1 amide bonds. The Morgan fingerprint density at radius 3 is 2.43 bits per heavy atom. The number of thiophene rings is 1. The van der Waals surface area contributed by atoms with Crippen LogP contribution in [0.15, 0.2) is 18.2 Å². The van der Waals surface area contributed by atoms with Crippen LogP contribution in [0.4, 0.5) is 24.5 Å². The van der Waals surface area contributed by atoms with E-state index in [0.29, 0.717) is 26.8 Å². The van der Waals surface area contributed by atoms with E-state index in [1.165, 1.54) is 12.1 Å². The summed E-state index contributed by atoms with van der Waals surface area (Å²) in [5.41, 5.74) is 0.622. The van der Waals surface area contributed by atoms with Crippen molar-refractivity contribution in [3.8, 4) is 0 Å². The molecule has 0 unspecified atom stereocenters. The number of amides is 1. The van der Waals surface area contributed by atoms with Crippen LogP contribution in [0.5, 0.6) is 0 Å². The first-order valence-corrected chi connectivity index (χ1v) is 9.25. The Balaban J connectivity index is 2.03. The lowest BCUT2D eigenvalue weighted by Gasteiger charge is -2.18. The molecule has 0 saturated carbocycles. The number of carbonyl (C=O) groups is 1. The molecule has 3 rings (SSSR count). The first-order valence-electron chi connectivity index (χ1n) is 8.43. The molecular weight excluding hydrogens is 389 g/mol. The fraction of sp³-hybridized carbons (Fsp3) is 0.316. The van der Waals surface area contributed by atoms with Gasteiger partial charge in [0.25, 0.3) is 5.91 Å². The van der Waals surface area contributed by atoms with Crippen LogP contribution in [0.25, 0.3) is 10.2 Å². The number of rotatable bonds is 3. The zero-order valence-electron chi connectivity index (χ0n) is 16.0. The summed E-state index contributed by atoms with van der Waals surface area (Å²) >= 11 is 1.15. The number of anilines is 2. The van der Waals surface area contributed by atoms with Gasteiger partial charge in [0, 0.05) is 30.9 Å². The predicted molar refractivity (Wildman–Crippen MR) is 105 cm³/mol. The van der Waals surface area contributed by atoms with Gasteiger partial charge in [-0.1, -0.05) is 0 Å². The third kappa shape index (κ3) is 3.66. The molecule has 0 aliphatic heterocycles. The first-order chi connectivity index (χ1) is 13.0. The van der Waals surface area contributed by atoms with Crippen molar-refractivity contribution in [1.29, 1.82) is 0 Å². The summed E-state index contributed by atoms with van der Waals surface area (Å²) < 4.78 is 40.5. The Kier molecular flexibility index (Phi) is 5.05. The minimum Gasteiger partial charge on any atom is -0.378 e. The van der Waals surface area contributed by atoms with Gasteiger partial charge in [-0.3, -0.25) is 4.79 Å². The molecule has 0 radical (unpaired) electrons. The summed E-state index contributed by atoms with van der Waals surface area (Å²) in [4.78, 5) is 23.9. The number of carbonyl (C=O) groups excluding carboxylic acids is 1. The van der Waals surface area contributed by atoms with Crippen LogP contribution < -0.4 is 10.2 Å². The lowest BCUT2D eigenvalue weighted by Crippen LogP contribution is -2.18. The highest BCUT2D eigenvalue weighted by atomic mass is 32.1. The third-order valence-electron chi connectivity index (χ3n) is 4.36. The van der Waals surface area contributed by atoms with Crippen LogP contribution in [0.3, 0.4) is 0 Å². The van der Waals surface area contributed by atoms with Gasteiger partial charge in [0.1, 0.15) is 10.7 Å². The minimum absolute atomic E-state index is 0.279. The molecule has 2 aromatic heterocycles. The molecule has 0 spiro atoms. The van der Waals surface area contributed by atoms with Crippen molar-refractivity contribution >= 4 is 38.8 Å². The number of hydrogen-bond donors (Lipinski definition) is 1. The molecule has 5 nitrogen and oxygen atoms in total. The highest BCUT2D eigenvalue weighted by molar-refractivity contribution is 7.20. The normalized spacial score (nSPS) is 11.7. The lowest BCUT2D eigenvalue weighted by atomic mass is 10.1. The molecule has 3 aromatic rings. The van der Waals surface area contributed by atoms with Crippen molar-refractivity contribution < 1.29 is 18.0 Å². The van der Waals surface area contributed by atoms with Gasteiger partial charge >= 0.3 is 6.18 Å². The number of nitrogens with one attached hydrogen (secondary N) is 1. The number of aromatic nitrogens is 2. The lowest BCUT2D eigenvalue weighted by molar-refractivity contribution is -0.136. The maximum atomic E-state index is 13.5. The number of hydrogen-bond acceptors (Lipinski definition) is 5. The Morgan fingerprint density at radius 2 is 1.82 bits per heavy atom. The van der Waals surface area contributed by atoms with Gasteiger partial charge in [0.05, 0.1) is 16.1 Å². The van der Waals surface area contributed by atoms with E-state index in [-0.39, 0.29) is 5.69 Å². The molecule has 148 valence electrons. The number of nitrogens with zero attached hydrogens (tertiary/aromatic N) is 3. The van der Waals surface area contributed by atoms with Gasteiger partial charge in [0.2, 0.25) is 0 Å². The molecular formula is C19H19F3N4OS. The van der Waals surface area contributed by atoms with E-state index >= 15 is 0 Å². The van der Waals surface area contributed by atoms with E-state index in [4.69, 9.17) is 0 Å². The minimum atomic E-state index is -4.59. The van der Waals surface area contributed by atoms with Gasteiger partial charge in [0.15, 0.2) is 0 Å². The average Bonchev–Trinajstić information content (AvgIpc) is 2.90. The van der Waals surface area contributed by atoms with Crippen LogP contribution in [0.2, 0.25) is 0 Å². The molecule has 0 saturated heterocycles. The quantitative estimate of drug-likeness (QED) is 0.666. The molecule has 1 N–H and O–H groups in total. The van der Waals surface area contributed by atoms with Crippen molar-refractivity contribution in [2.45, 2.75) is 26.9 Å². The van der Waals surface area contributed by atoms with Gasteiger partial charge in [-0.25, -0.2) is 9.97 Å². The van der Waals surface area contributed by atoms with Crippen molar-refractivity contribution in [2.75, 3.05) is 24.3 Å². The van der Waals surface area contributed by atoms with Crippen molar-refractivity contribution in [1.82, 2.24) is 9.97 Å². The summed E-state index contributed by atoms with van der Waals surface area (Å²) in [5, 5.41) is 3.18. The van der Waals surface area contributed by atoms with Crippen LogP contribution in [-0.2, 0) is 6.18 Å². The molecule has 0 fully saturated rings. The number of aryl methyl sites for hydroxylation is 3. The van der Waals surface area contributed by atoms with Gasteiger partial charge in [-0.15, -0.1) is 11.3 Å². The number of fused-ring (bicyclic) bond motifs is 1. The standard InChI is InChI=1S/C19H19F3N4OS/c1-9-15-10(2)23-11(3)24-18(15)28-16(9)17(27)25-14-7-6-12(26(4)5)8-13(14)19(20,21)22/h6-8H,1-5H3,(H,25,27). The average molecular weight is 408 g/mol. The number of alkyl halides is 3. The van der Waals surface area contributed by atoms with E-state index in [2.05, 4.69) is 15.3 Å². The molecule has 9 heteroatoms. The summed E-state index contributed by atoms with van der Waals surface area (Å²) in [6, 6.07) is 3.82. The Hall–Kier alpha value is -2.68. The van der Waals surface area contributed by atoms with Gasteiger partial charge in [-0.05, 0) is 44.5 Å². The van der Waals surface area contributed by atoms with E-state index in [0.717, 1.165) is 28.5 Å². The van der Waals surface area contributed by atoms with Crippen molar-refractivity contribution in [2.24, 2.45) is 0 Å². The summed E-state index contributed by atoms with van der Waals surface area (Å²) in [6.45, 7) is 5.32. The second-order valence-electron chi connectivity index (χ2n) is 6.67. The maximum absolute atomic E-state index is 13.5. The molecule has 0 bridgehead atoms. The predicted octanol–water partition coefficient (Wildman–Crippen LogP) is 4.95. The largest absolute Gasteiger partial charge is 0.418 e. The van der Waals surface area contributed by atoms with Crippen molar-refractivity contribution in [3.63, 3.8) is 0 Å². The molecule has 2 heterocycles. The van der Waals surface area contributed by atoms with Gasteiger partial charge < -0.3 is 10.2 Å². The monoisotopic (exact) mass is 408 g/mol. The Morgan fingerprint density at radius 1 is 1.14 bits per heavy atom. The van der Waals surface area contributed by atoms with Crippen LogP contribution in [0, 0.1) is 20.8 Å². The molecule has 0 aliphatic rings. The second-order valence-corrected chi connectivity index (χ2v) is 7.67. The SMILES string of the molecule is Cc1nc(C)c2c(C)c(C(=O)Nc3ccc(N(C)C)cc3C(F)(F)F)sc2n1. The van der Waals surface area contributed by atoms with E-state index in [9.17, 15) is 18.0 Å². The number of halogens is 3. The fourth-order valence-corrected chi connectivity index (χ4v) is 4.20. The highest BCUT2D eigenvalue weighted by Crippen LogP contribution is 2.38. The third-order valence-corrected chi connectivity index (χ3v) is 5.55. The topological polar surface area (TPSA) is 58.1 Å². The summed E-state index contributed by atoms with van der Waals surface area (Å²) in [7, 11) is 3.30. The smallest absolute Gasteiger partial charge is 0.378 e. The van der Waals surface area contributed by atoms with E-state index in [1.807, 2.05) is 6.92 Å². The second kappa shape index (κ2) is 7.05. The van der Waals surface area contributed by atoms with Crippen molar-refractivity contribution in [3.05, 3.63) is 45.7 Å². The molecule has 28 heavy (non-hydrogen) atoms.